The highest BCUT2D eigenvalue weighted by molar-refractivity contribution is 7.89. The van der Waals surface area contributed by atoms with Gasteiger partial charge in [-0.3, -0.25) is 9.59 Å². The van der Waals surface area contributed by atoms with Gasteiger partial charge in [-0.05, 0) is 121 Å². The van der Waals surface area contributed by atoms with E-state index in [4.69, 9.17) is 9.47 Å². The van der Waals surface area contributed by atoms with Crippen molar-refractivity contribution in [3.63, 3.8) is 0 Å². The fraction of sp³-hybridized carbons (Fsp3) is 0.316. The molecule has 2 atom stereocenters. The van der Waals surface area contributed by atoms with Crippen molar-refractivity contribution in [2.75, 3.05) is 22.9 Å². The van der Waals surface area contributed by atoms with Crippen LogP contribution < -0.4 is 14.5 Å². The molecule has 548 valence electrons. The van der Waals surface area contributed by atoms with Gasteiger partial charge in [0.15, 0.2) is 56.3 Å². The average Bonchev–Trinajstić information content (AvgIpc) is 1.32. The van der Waals surface area contributed by atoms with E-state index in [2.05, 4.69) is 0 Å². The van der Waals surface area contributed by atoms with E-state index in [0.717, 1.165) is 90.7 Å². The molecule has 0 spiro atoms. The molecule has 28 heteroatoms. The van der Waals surface area contributed by atoms with Crippen LogP contribution in [-0.2, 0) is 60.7 Å². The summed E-state index contributed by atoms with van der Waals surface area (Å²) in [7, 11) is -10.9. The number of rotatable bonds is 21. The van der Waals surface area contributed by atoms with Gasteiger partial charge >= 0.3 is 11.9 Å². The maximum absolute atomic E-state index is 15.0. The summed E-state index contributed by atoms with van der Waals surface area (Å²) < 4.78 is 210. The Morgan fingerprint density at radius 3 is 1.19 bits per heavy atom. The van der Waals surface area contributed by atoms with Gasteiger partial charge in [0.05, 0.1) is 13.1 Å². The van der Waals surface area contributed by atoms with E-state index in [1.807, 2.05) is 72.8 Å². The van der Waals surface area contributed by atoms with Crippen LogP contribution in [0.5, 0.6) is 11.5 Å². The summed E-state index contributed by atoms with van der Waals surface area (Å²) in [6, 6.07) is 37.7. The van der Waals surface area contributed by atoms with E-state index < -0.39 is 148 Å². The Morgan fingerprint density at radius 2 is 0.798 bits per heavy atom. The molecule has 104 heavy (non-hydrogen) atoms. The van der Waals surface area contributed by atoms with Crippen LogP contribution in [0, 0.1) is 58.2 Å². The lowest BCUT2D eigenvalue weighted by Crippen LogP contribution is -2.48. The molecule has 0 unspecified atom stereocenters. The van der Waals surface area contributed by atoms with E-state index in [9.17, 15) is 90.1 Å². The highest BCUT2D eigenvalue weighted by Crippen LogP contribution is 2.40. The Balaban J connectivity index is 0.000000216. The van der Waals surface area contributed by atoms with Crippen LogP contribution in [0.25, 0.3) is 0 Å². The summed E-state index contributed by atoms with van der Waals surface area (Å²) in [5, 5.41) is 19.7. The smallest absolute Gasteiger partial charge is 0.342 e. The molecule has 2 saturated carbocycles. The monoisotopic (exact) mass is 1480 g/mol. The first-order chi connectivity index (χ1) is 49.8. The quantitative estimate of drug-likeness (QED) is 0.0298. The van der Waals surface area contributed by atoms with Gasteiger partial charge in [-0.2, -0.15) is 8.61 Å². The first-order valence-corrected chi connectivity index (χ1v) is 36.6. The van der Waals surface area contributed by atoms with Crippen LogP contribution in [0.15, 0.2) is 155 Å². The van der Waals surface area contributed by atoms with Crippen molar-refractivity contribution in [1.29, 1.82) is 0 Å². The normalized spacial score (nSPS) is 16.9. The molecular formula is C76H70F10N4O12S2. The Morgan fingerprint density at radius 1 is 0.423 bits per heavy atom. The molecule has 4 aliphatic rings. The molecule has 2 aliphatic heterocycles. The number of benzene rings is 8. The first-order valence-electron chi connectivity index (χ1n) is 33.7. The van der Waals surface area contributed by atoms with Crippen LogP contribution in [0.3, 0.4) is 0 Å². The largest absolute Gasteiger partial charge is 0.507 e. The Labute approximate surface area is 593 Å². The number of hydrogen-bond donors (Lipinski definition) is 2. The maximum atomic E-state index is 15.0. The minimum Gasteiger partial charge on any atom is -0.507 e. The third-order valence-electron chi connectivity index (χ3n) is 19.2. The molecule has 2 aliphatic carbocycles. The number of sulfonamides is 2. The lowest BCUT2D eigenvalue weighted by molar-refractivity contribution is -0.122. The number of aromatic carboxylic acids is 1. The van der Waals surface area contributed by atoms with Gasteiger partial charge in [-0.25, -0.2) is 70.3 Å². The second-order valence-electron chi connectivity index (χ2n) is 25.9. The van der Waals surface area contributed by atoms with E-state index in [0.29, 0.717) is 31.6 Å². The van der Waals surface area contributed by atoms with Gasteiger partial charge in [-0.1, -0.05) is 148 Å². The molecule has 16 nitrogen and oxygen atoms in total. The van der Waals surface area contributed by atoms with Gasteiger partial charge in [0, 0.05) is 36.6 Å². The number of amides is 2. The number of carbonyl (C=O) groups excluding carboxylic acids is 3. The number of halogens is 10. The van der Waals surface area contributed by atoms with Crippen molar-refractivity contribution < 1.29 is 99.6 Å². The Bertz CT molecular complexity index is 4690. The number of esters is 1. The lowest BCUT2D eigenvalue weighted by atomic mass is 9.84. The van der Waals surface area contributed by atoms with E-state index in [-0.39, 0.29) is 74.7 Å². The van der Waals surface area contributed by atoms with Crippen molar-refractivity contribution >= 4 is 55.2 Å². The third kappa shape index (κ3) is 16.2. The summed E-state index contributed by atoms with van der Waals surface area (Å²) in [6.07, 6.45) is 10.9. The molecule has 0 bridgehead atoms. The van der Waals surface area contributed by atoms with Gasteiger partial charge in [0.1, 0.15) is 47.9 Å². The van der Waals surface area contributed by atoms with Crippen LogP contribution in [0.1, 0.15) is 156 Å². The van der Waals surface area contributed by atoms with Crippen molar-refractivity contribution in [3.05, 3.63) is 248 Å². The Hall–Kier alpha value is -9.64. The average molecular weight is 1490 g/mol. The zero-order valence-electron chi connectivity index (χ0n) is 55.7. The summed E-state index contributed by atoms with van der Waals surface area (Å²) >= 11 is 0. The Kier molecular flexibility index (Phi) is 23.7. The number of nitrogens with zero attached hydrogens (tertiary/aromatic N) is 4. The summed E-state index contributed by atoms with van der Waals surface area (Å²) in [5.41, 5.74) is 4.78. The van der Waals surface area contributed by atoms with Gasteiger partial charge in [-0.15, -0.1) is 0 Å². The zero-order valence-corrected chi connectivity index (χ0v) is 57.3. The number of hydrogen-bond acceptors (Lipinski definition) is 11. The van der Waals surface area contributed by atoms with Crippen LogP contribution in [-0.4, -0.2) is 84.6 Å². The van der Waals surface area contributed by atoms with Crippen LogP contribution in [0.2, 0.25) is 0 Å². The van der Waals surface area contributed by atoms with Crippen molar-refractivity contribution in [2.24, 2.45) is 0 Å². The molecule has 0 radical (unpaired) electrons. The topological polar surface area (TPSA) is 208 Å². The van der Waals surface area contributed by atoms with E-state index in [1.165, 1.54) is 42.0 Å². The molecule has 2 heterocycles. The summed E-state index contributed by atoms with van der Waals surface area (Å²) in [5.74, 6) is -28.6. The molecule has 2 saturated heterocycles. The number of aromatic hydroxyl groups is 1. The standard InChI is InChI=1S/C45H41F5N2O6S.C31H29F5N2O6S/c46-38-39(47)41(49)43(42(50)40(38)48)59(55,56)52-24-10-17-36(52)44(53)51(26-29-18-20-33(21-19-29)32-15-8-3-9-16-32)34-22-23-35(45(54)58-28-31-13-6-2-7-14-31)37(25-34)57-27-30-11-4-1-5-12-30;32-24-25(33)27(35)29(28(36)26(24)34)45(43,44)38-14-4-7-22(38)30(40)37(20-12-13-21(31(41)42)23(39)15-20)16-17-8-10-19(11-9-17)18-5-2-1-3-6-18/h1-2,4-7,11-14,18-23,25,32,36H,3,8-10,15-17,24,26-28H2;8-13,15,18,22,39H,1-7,14,16H2,(H,41,42)/t36-;22-/m11/s1. The van der Waals surface area contributed by atoms with E-state index in [1.54, 1.807) is 36.4 Å². The third-order valence-corrected chi connectivity index (χ3v) is 23.1. The van der Waals surface area contributed by atoms with Crippen LogP contribution >= 0.6 is 0 Å². The number of carbonyl (C=O) groups is 4. The molecule has 0 aromatic heterocycles. The number of carboxylic acid groups (broad SMARTS) is 1. The molecule has 4 fully saturated rings. The second kappa shape index (κ2) is 32.6. The minimum absolute atomic E-state index is 0.0145. The molecule has 2 N–H and O–H groups in total. The molecule has 2 amide bonds. The van der Waals surface area contributed by atoms with Crippen LogP contribution in [0.4, 0.5) is 55.3 Å². The number of carboxylic acids is 1. The highest BCUT2D eigenvalue weighted by Gasteiger charge is 2.48. The van der Waals surface area contributed by atoms with E-state index >= 15 is 0 Å². The molecular weight excluding hydrogens is 1410 g/mol. The van der Waals surface area contributed by atoms with Gasteiger partial charge < -0.3 is 29.5 Å². The van der Waals surface area contributed by atoms with Crippen molar-refractivity contribution in [1.82, 2.24) is 8.61 Å². The maximum Gasteiger partial charge on any atom is 0.342 e. The highest BCUT2D eigenvalue weighted by atomic mass is 32.2. The van der Waals surface area contributed by atoms with Crippen molar-refractivity contribution in [2.45, 2.75) is 150 Å². The van der Waals surface area contributed by atoms with Gasteiger partial charge in [0.25, 0.3) is 0 Å². The minimum atomic E-state index is -5.45. The van der Waals surface area contributed by atoms with Crippen molar-refractivity contribution in [3.8, 4) is 11.5 Å². The number of ether oxygens (including phenoxy) is 2. The predicted molar refractivity (Wildman–Crippen MR) is 361 cm³/mol. The SMILES string of the molecule is O=C(O)c1ccc(N(Cc2ccc(C3CCCCC3)cc2)C(=O)[C@H]2CCCN2S(=O)(=O)c2c(F)c(F)c(F)c(F)c2F)cc1O.O=C(OCc1ccccc1)c1ccc(N(Cc2ccc(C3CCCCC3)cc2)C(=O)[C@H]2CCCN2S(=O)(=O)c2c(F)c(F)c(F)c(F)c2F)cc1OCc1ccccc1. The fourth-order valence-corrected chi connectivity index (χ4v) is 17.3. The summed E-state index contributed by atoms with van der Waals surface area (Å²) in [4.78, 5) is 52.1. The predicted octanol–water partition coefficient (Wildman–Crippen LogP) is 16.0. The number of anilines is 2. The molecule has 12 rings (SSSR count). The molecule has 8 aromatic rings. The second-order valence-corrected chi connectivity index (χ2v) is 29.5. The number of phenols is 1. The zero-order chi connectivity index (χ0) is 74.3. The first kappa shape index (κ1) is 75.5. The fourth-order valence-electron chi connectivity index (χ4n) is 13.8. The lowest BCUT2D eigenvalue weighted by Gasteiger charge is -2.31. The molecule has 8 aromatic carbocycles. The van der Waals surface area contributed by atoms with Gasteiger partial charge in [0.2, 0.25) is 43.5 Å². The summed E-state index contributed by atoms with van der Waals surface area (Å²) in [6.45, 7) is -1.19.